The van der Waals surface area contributed by atoms with Crippen LogP contribution in [0.1, 0.15) is 16.1 Å². The number of nitrogens with one attached hydrogen (secondary N) is 1. The highest BCUT2D eigenvalue weighted by molar-refractivity contribution is 6.33. The number of rotatable bonds is 5. The molecule has 2 aromatic carbocycles. The summed E-state index contributed by atoms with van der Waals surface area (Å²) in [6.07, 6.45) is 1.70. The summed E-state index contributed by atoms with van der Waals surface area (Å²) >= 11 is 6.06. The average Bonchev–Trinajstić information content (AvgIpc) is 2.64. The Kier molecular flexibility index (Phi) is 5.31. The molecule has 0 unspecified atom stereocenters. The Morgan fingerprint density at radius 3 is 2.44 bits per heavy atom. The average molecular weight is 352 g/mol. The fourth-order valence-electron chi connectivity index (χ4n) is 2.44. The van der Waals surface area contributed by atoms with Crippen LogP contribution in [0, 0.1) is 0 Å². The van der Waals surface area contributed by atoms with Gasteiger partial charge in [-0.25, -0.2) is 4.98 Å². The van der Waals surface area contributed by atoms with Crippen LogP contribution >= 0.6 is 11.6 Å². The summed E-state index contributed by atoms with van der Waals surface area (Å²) < 4.78 is 0. The number of carbonyl (C=O) groups excluding carboxylic acids is 1. The molecule has 25 heavy (non-hydrogen) atoms. The van der Waals surface area contributed by atoms with Crippen LogP contribution in [0.25, 0.3) is 0 Å². The lowest BCUT2D eigenvalue weighted by Gasteiger charge is -2.19. The lowest BCUT2D eigenvalue weighted by molar-refractivity contribution is 0.102. The van der Waals surface area contributed by atoms with Crippen LogP contribution in [0.3, 0.4) is 0 Å². The Hall–Kier alpha value is -2.85. The molecule has 126 valence electrons. The van der Waals surface area contributed by atoms with Crippen molar-refractivity contribution in [1.29, 1.82) is 0 Å². The van der Waals surface area contributed by atoms with Crippen LogP contribution in [0.15, 0.2) is 72.9 Å². The molecule has 3 rings (SSSR count). The van der Waals surface area contributed by atoms with Crippen molar-refractivity contribution in [2.45, 2.75) is 6.54 Å². The Labute approximate surface area is 152 Å². The largest absolute Gasteiger partial charge is 0.369 e. The zero-order valence-corrected chi connectivity index (χ0v) is 14.6. The first kappa shape index (κ1) is 17.0. The number of hydrogen-bond acceptors (Lipinski definition) is 3. The van der Waals surface area contributed by atoms with Crippen molar-refractivity contribution in [2.24, 2.45) is 0 Å². The number of aromatic nitrogens is 1. The third-order valence-corrected chi connectivity index (χ3v) is 4.14. The number of pyridine rings is 1. The fraction of sp³-hybridized carbons (Fsp3) is 0.100. The van der Waals surface area contributed by atoms with Gasteiger partial charge in [0, 0.05) is 13.6 Å². The minimum absolute atomic E-state index is 0.287. The van der Waals surface area contributed by atoms with Gasteiger partial charge in [0.1, 0.15) is 5.69 Å². The third kappa shape index (κ3) is 4.37. The summed E-state index contributed by atoms with van der Waals surface area (Å²) in [5, 5.41) is 3.26. The van der Waals surface area contributed by atoms with E-state index in [9.17, 15) is 4.79 Å². The van der Waals surface area contributed by atoms with E-state index in [-0.39, 0.29) is 5.91 Å². The summed E-state index contributed by atoms with van der Waals surface area (Å²) in [7, 11) is 1.99. The van der Waals surface area contributed by atoms with E-state index in [4.69, 9.17) is 11.6 Å². The lowest BCUT2D eigenvalue weighted by Crippen LogP contribution is -2.18. The number of nitrogens with zero attached hydrogens (tertiary/aromatic N) is 2. The maximum Gasteiger partial charge on any atom is 0.274 e. The van der Waals surface area contributed by atoms with Gasteiger partial charge >= 0.3 is 0 Å². The number of amides is 1. The molecule has 1 amide bonds. The van der Waals surface area contributed by atoms with Gasteiger partial charge in [-0.2, -0.15) is 0 Å². The van der Waals surface area contributed by atoms with Gasteiger partial charge in [-0.3, -0.25) is 4.79 Å². The van der Waals surface area contributed by atoms with E-state index in [1.165, 1.54) is 5.56 Å². The van der Waals surface area contributed by atoms with Crippen molar-refractivity contribution in [2.75, 3.05) is 17.3 Å². The van der Waals surface area contributed by atoms with Crippen LogP contribution in [0.4, 0.5) is 11.4 Å². The van der Waals surface area contributed by atoms with Crippen molar-refractivity contribution < 1.29 is 4.79 Å². The number of carbonyl (C=O) groups is 1. The molecule has 0 bridgehead atoms. The molecular formula is C20H18ClN3O. The summed E-state index contributed by atoms with van der Waals surface area (Å²) in [6.45, 7) is 0.772. The minimum Gasteiger partial charge on any atom is -0.369 e. The van der Waals surface area contributed by atoms with E-state index in [0.29, 0.717) is 16.4 Å². The number of benzene rings is 2. The van der Waals surface area contributed by atoms with Gasteiger partial charge in [0.25, 0.3) is 5.91 Å². The molecule has 0 aliphatic heterocycles. The zero-order chi connectivity index (χ0) is 17.6. The molecule has 1 N–H and O–H groups in total. The molecule has 5 heteroatoms. The molecule has 1 heterocycles. The normalized spacial score (nSPS) is 10.3. The number of hydrogen-bond donors (Lipinski definition) is 1. The van der Waals surface area contributed by atoms with E-state index in [0.717, 1.165) is 12.2 Å². The van der Waals surface area contributed by atoms with Gasteiger partial charge in [-0.15, -0.1) is 0 Å². The Morgan fingerprint density at radius 2 is 1.76 bits per heavy atom. The minimum atomic E-state index is -0.287. The fourth-order valence-corrected chi connectivity index (χ4v) is 2.63. The second-order valence-electron chi connectivity index (χ2n) is 5.68. The van der Waals surface area contributed by atoms with Gasteiger partial charge < -0.3 is 10.2 Å². The van der Waals surface area contributed by atoms with E-state index >= 15 is 0 Å². The third-order valence-electron chi connectivity index (χ3n) is 3.81. The summed E-state index contributed by atoms with van der Waals surface area (Å²) in [4.78, 5) is 18.6. The van der Waals surface area contributed by atoms with Gasteiger partial charge in [0.05, 0.1) is 22.6 Å². The zero-order valence-electron chi connectivity index (χ0n) is 13.8. The first-order chi connectivity index (χ1) is 12.1. The molecular weight excluding hydrogens is 334 g/mol. The second kappa shape index (κ2) is 7.81. The molecule has 0 spiro atoms. The van der Waals surface area contributed by atoms with Gasteiger partial charge in [0.15, 0.2) is 0 Å². The molecule has 0 saturated carbocycles. The maximum absolute atomic E-state index is 12.3. The monoisotopic (exact) mass is 351 g/mol. The van der Waals surface area contributed by atoms with Gasteiger partial charge in [0.2, 0.25) is 0 Å². The molecule has 0 radical (unpaired) electrons. The van der Waals surface area contributed by atoms with Crippen LogP contribution in [0.5, 0.6) is 0 Å². The Bertz CT molecular complexity index is 850. The standard InChI is InChI=1S/C20H18ClN3O/c1-24(14-15-7-3-2-4-8-15)16-11-12-19(22-13-16)20(25)23-18-10-6-5-9-17(18)21/h2-13H,14H2,1H3,(H,23,25). The maximum atomic E-state index is 12.3. The predicted molar refractivity (Wildman–Crippen MR) is 102 cm³/mol. The van der Waals surface area contributed by atoms with Crippen molar-refractivity contribution in [3.8, 4) is 0 Å². The Balaban J connectivity index is 1.67. The molecule has 0 aliphatic carbocycles. The van der Waals surface area contributed by atoms with Gasteiger partial charge in [-0.05, 0) is 29.8 Å². The van der Waals surface area contributed by atoms with Crippen molar-refractivity contribution in [1.82, 2.24) is 4.98 Å². The number of halogens is 1. The predicted octanol–water partition coefficient (Wildman–Crippen LogP) is 4.62. The second-order valence-corrected chi connectivity index (χ2v) is 6.08. The van der Waals surface area contributed by atoms with Crippen LogP contribution < -0.4 is 10.2 Å². The SMILES string of the molecule is CN(Cc1ccccc1)c1ccc(C(=O)Nc2ccccc2Cl)nc1. The highest BCUT2D eigenvalue weighted by atomic mass is 35.5. The lowest BCUT2D eigenvalue weighted by atomic mass is 10.2. The van der Waals surface area contributed by atoms with Gasteiger partial charge in [-0.1, -0.05) is 54.1 Å². The molecule has 3 aromatic rings. The van der Waals surface area contributed by atoms with Crippen LogP contribution in [-0.4, -0.2) is 17.9 Å². The molecule has 1 aromatic heterocycles. The van der Waals surface area contributed by atoms with Crippen LogP contribution in [0.2, 0.25) is 5.02 Å². The van der Waals surface area contributed by atoms with E-state index in [2.05, 4.69) is 27.3 Å². The van der Waals surface area contributed by atoms with E-state index < -0.39 is 0 Å². The highest BCUT2D eigenvalue weighted by Crippen LogP contribution is 2.21. The summed E-state index contributed by atoms with van der Waals surface area (Å²) in [5.74, 6) is -0.287. The number of para-hydroxylation sites is 1. The smallest absolute Gasteiger partial charge is 0.274 e. The molecule has 0 fully saturated rings. The first-order valence-electron chi connectivity index (χ1n) is 7.90. The summed E-state index contributed by atoms with van der Waals surface area (Å²) in [6, 6.07) is 20.9. The quantitative estimate of drug-likeness (QED) is 0.729. The van der Waals surface area contributed by atoms with Crippen molar-refractivity contribution in [3.63, 3.8) is 0 Å². The van der Waals surface area contributed by atoms with E-state index in [1.807, 2.05) is 43.4 Å². The molecule has 0 saturated heterocycles. The van der Waals surface area contributed by atoms with Crippen molar-refractivity contribution >= 4 is 28.9 Å². The highest BCUT2D eigenvalue weighted by Gasteiger charge is 2.10. The number of anilines is 2. The summed E-state index contributed by atoms with van der Waals surface area (Å²) in [5.41, 5.74) is 3.07. The molecule has 0 aliphatic rings. The molecule has 0 atom stereocenters. The molecule has 4 nitrogen and oxygen atoms in total. The van der Waals surface area contributed by atoms with Crippen molar-refractivity contribution in [3.05, 3.63) is 89.2 Å². The van der Waals surface area contributed by atoms with Crippen LogP contribution in [-0.2, 0) is 6.54 Å². The Morgan fingerprint density at radius 1 is 1.04 bits per heavy atom. The first-order valence-corrected chi connectivity index (χ1v) is 8.28. The van der Waals surface area contributed by atoms with E-state index in [1.54, 1.807) is 24.4 Å². The topological polar surface area (TPSA) is 45.2 Å².